The molecule has 0 spiro atoms. The summed E-state index contributed by atoms with van der Waals surface area (Å²) in [6.45, 7) is 4.96. The Morgan fingerprint density at radius 3 is 2.32 bits per heavy atom. The van der Waals surface area contributed by atoms with Gasteiger partial charge in [-0.05, 0) is 39.0 Å². The van der Waals surface area contributed by atoms with E-state index in [1.807, 2.05) is 0 Å². The summed E-state index contributed by atoms with van der Waals surface area (Å²) in [6, 6.07) is 3.35. The van der Waals surface area contributed by atoms with Crippen molar-refractivity contribution in [1.29, 1.82) is 0 Å². The highest BCUT2D eigenvalue weighted by Crippen LogP contribution is 2.22. The number of carboxylic acid groups (broad SMARTS) is 1. The number of phenolic OH excluding ortho intramolecular Hbond substituents is 1. The van der Waals surface area contributed by atoms with Crippen LogP contribution in [0.4, 0.5) is 5.69 Å². The first kappa shape index (κ1) is 15.3. The van der Waals surface area contributed by atoms with Crippen molar-refractivity contribution in [3.8, 4) is 5.75 Å². The number of aromatic carboxylic acids is 1. The van der Waals surface area contributed by atoms with E-state index in [2.05, 4.69) is 9.44 Å². The van der Waals surface area contributed by atoms with E-state index < -0.39 is 21.7 Å². The third-order valence-corrected chi connectivity index (χ3v) is 3.29. The van der Waals surface area contributed by atoms with Gasteiger partial charge in [-0.25, -0.2) is 4.79 Å². The summed E-state index contributed by atoms with van der Waals surface area (Å²) in [7, 11) is -3.91. The lowest BCUT2D eigenvalue weighted by Crippen LogP contribution is -2.43. The van der Waals surface area contributed by atoms with E-state index >= 15 is 0 Å². The average molecular weight is 288 g/mol. The van der Waals surface area contributed by atoms with Crippen LogP contribution in [0.2, 0.25) is 0 Å². The normalized spacial score (nSPS) is 12.2. The van der Waals surface area contributed by atoms with E-state index in [0.717, 1.165) is 6.07 Å². The Labute approximate surface area is 111 Å². The molecule has 0 saturated carbocycles. The predicted molar refractivity (Wildman–Crippen MR) is 70.5 cm³/mol. The van der Waals surface area contributed by atoms with Crippen LogP contribution >= 0.6 is 0 Å². The lowest BCUT2D eigenvalue weighted by Gasteiger charge is -2.21. The average Bonchev–Trinajstić information content (AvgIpc) is 2.16. The fraction of sp³-hybridized carbons (Fsp3) is 0.364. The van der Waals surface area contributed by atoms with Gasteiger partial charge < -0.3 is 10.2 Å². The second kappa shape index (κ2) is 5.06. The second-order valence-corrected chi connectivity index (χ2v) is 6.41. The molecule has 0 fully saturated rings. The van der Waals surface area contributed by atoms with Crippen molar-refractivity contribution in [2.75, 3.05) is 4.72 Å². The van der Waals surface area contributed by atoms with Gasteiger partial charge in [0.05, 0.1) is 11.3 Å². The molecule has 0 saturated heterocycles. The molecular formula is C11H16N2O5S. The molecule has 1 rings (SSSR count). The van der Waals surface area contributed by atoms with E-state index in [1.165, 1.54) is 12.1 Å². The van der Waals surface area contributed by atoms with Crippen molar-refractivity contribution in [3.05, 3.63) is 23.8 Å². The quantitative estimate of drug-likeness (QED) is 0.620. The minimum atomic E-state index is -3.91. The maximum atomic E-state index is 11.8. The Balaban J connectivity index is 3.10. The molecule has 0 aliphatic carbocycles. The molecule has 0 unspecified atom stereocenters. The Bertz CT molecular complexity index is 590. The Kier molecular flexibility index (Phi) is 4.06. The summed E-state index contributed by atoms with van der Waals surface area (Å²) in [5, 5.41) is 18.2. The van der Waals surface area contributed by atoms with Crippen molar-refractivity contribution in [1.82, 2.24) is 4.72 Å². The van der Waals surface area contributed by atoms with Crippen LogP contribution < -0.4 is 9.44 Å². The van der Waals surface area contributed by atoms with Gasteiger partial charge in [0.15, 0.2) is 0 Å². The van der Waals surface area contributed by atoms with E-state index in [-0.39, 0.29) is 17.0 Å². The van der Waals surface area contributed by atoms with Crippen molar-refractivity contribution < 1.29 is 23.4 Å². The summed E-state index contributed by atoms with van der Waals surface area (Å²) in [5.74, 6) is -1.60. The van der Waals surface area contributed by atoms with Gasteiger partial charge in [-0.1, -0.05) is 0 Å². The fourth-order valence-corrected chi connectivity index (χ4v) is 2.70. The van der Waals surface area contributed by atoms with Crippen LogP contribution in [0.5, 0.6) is 5.75 Å². The topological polar surface area (TPSA) is 116 Å². The molecule has 0 aliphatic heterocycles. The highest BCUT2D eigenvalue weighted by Gasteiger charge is 2.22. The first-order valence-electron chi connectivity index (χ1n) is 5.38. The van der Waals surface area contributed by atoms with Gasteiger partial charge in [0.1, 0.15) is 5.75 Å². The van der Waals surface area contributed by atoms with Crippen LogP contribution in [0.15, 0.2) is 18.2 Å². The molecule has 1 aromatic carbocycles. The molecule has 106 valence electrons. The standard InChI is InChI=1S/C11H16N2O5S/c1-11(2,3)13-19(17,18)12-9-5-4-7(14)6-8(9)10(15)16/h4-6,12-14H,1-3H3,(H,15,16). The molecule has 4 N–H and O–H groups in total. The smallest absolute Gasteiger partial charge is 0.337 e. The van der Waals surface area contributed by atoms with Gasteiger partial charge in [0.2, 0.25) is 0 Å². The van der Waals surface area contributed by atoms with Gasteiger partial charge >= 0.3 is 5.97 Å². The SMILES string of the molecule is CC(C)(C)NS(=O)(=O)Nc1ccc(O)cc1C(=O)O. The van der Waals surface area contributed by atoms with Crippen molar-refractivity contribution in [2.24, 2.45) is 0 Å². The van der Waals surface area contributed by atoms with Crippen LogP contribution in [-0.4, -0.2) is 30.1 Å². The number of carboxylic acids is 1. The molecule has 0 bridgehead atoms. The fourth-order valence-electron chi connectivity index (χ4n) is 1.37. The number of hydrogen-bond donors (Lipinski definition) is 4. The molecule has 19 heavy (non-hydrogen) atoms. The van der Waals surface area contributed by atoms with Gasteiger partial charge in [-0.15, -0.1) is 0 Å². The number of benzene rings is 1. The first-order chi connectivity index (χ1) is 8.50. The number of hydrogen-bond acceptors (Lipinski definition) is 4. The van der Waals surface area contributed by atoms with E-state index in [0.29, 0.717) is 0 Å². The number of phenols is 1. The molecule has 7 nitrogen and oxygen atoms in total. The van der Waals surface area contributed by atoms with Crippen molar-refractivity contribution >= 4 is 21.9 Å². The number of rotatable bonds is 4. The number of nitrogens with one attached hydrogen (secondary N) is 2. The minimum Gasteiger partial charge on any atom is -0.508 e. The van der Waals surface area contributed by atoms with Crippen LogP contribution in [-0.2, 0) is 10.2 Å². The lowest BCUT2D eigenvalue weighted by atomic mass is 10.1. The van der Waals surface area contributed by atoms with Crippen LogP contribution in [0, 0.1) is 0 Å². The number of aromatic hydroxyl groups is 1. The van der Waals surface area contributed by atoms with Gasteiger partial charge in [-0.2, -0.15) is 13.1 Å². The lowest BCUT2D eigenvalue weighted by molar-refractivity contribution is 0.0697. The minimum absolute atomic E-state index is 0.123. The van der Waals surface area contributed by atoms with Crippen molar-refractivity contribution in [2.45, 2.75) is 26.3 Å². The monoisotopic (exact) mass is 288 g/mol. The van der Waals surface area contributed by atoms with Gasteiger partial charge in [-0.3, -0.25) is 4.72 Å². The molecule has 0 radical (unpaired) electrons. The summed E-state index contributed by atoms with van der Waals surface area (Å²) < 4.78 is 28.0. The highest BCUT2D eigenvalue weighted by molar-refractivity contribution is 7.90. The molecule has 0 atom stereocenters. The molecule has 1 aromatic rings. The number of carbonyl (C=O) groups is 1. The molecule has 0 heterocycles. The third-order valence-electron chi connectivity index (χ3n) is 1.92. The van der Waals surface area contributed by atoms with Crippen LogP contribution in [0.1, 0.15) is 31.1 Å². The van der Waals surface area contributed by atoms with E-state index in [9.17, 15) is 18.3 Å². The van der Waals surface area contributed by atoms with E-state index in [4.69, 9.17) is 5.11 Å². The molecule has 0 aromatic heterocycles. The second-order valence-electron chi connectivity index (χ2n) is 4.99. The van der Waals surface area contributed by atoms with Crippen molar-refractivity contribution in [3.63, 3.8) is 0 Å². The Hall–Kier alpha value is -1.80. The van der Waals surface area contributed by atoms with Gasteiger partial charge in [0.25, 0.3) is 10.2 Å². The molecular weight excluding hydrogens is 272 g/mol. The zero-order valence-corrected chi connectivity index (χ0v) is 11.6. The maximum absolute atomic E-state index is 11.8. The van der Waals surface area contributed by atoms with Crippen LogP contribution in [0.3, 0.4) is 0 Å². The summed E-state index contributed by atoms with van der Waals surface area (Å²) >= 11 is 0. The Morgan fingerprint density at radius 1 is 1.26 bits per heavy atom. The van der Waals surface area contributed by atoms with Gasteiger partial charge in [0, 0.05) is 5.54 Å². The zero-order valence-electron chi connectivity index (χ0n) is 10.8. The zero-order chi connectivity index (χ0) is 14.8. The Morgan fingerprint density at radius 2 is 1.84 bits per heavy atom. The van der Waals surface area contributed by atoms with E-state index in [1.54, 1.807) is 20.8 Å². The molecule has 8 heteroatoms. The molecule has 0 amide bonds. The summed E-state index contributed by atoms with van der Waals surface area (Å²) in [5.41, 5.74) is -1.16. The molecule has 0 aliphatic rings. The third kappa shape index (κ3) is 4.76. The highest BCUT2D eigenvalue weighted by atomic mass is 32.2. The largest absolute Gasteiger partial charge is 0.508 e. The predicted octanol–water partition coefficient (Wildman–Crippen LogP) is 1.14. The first-order valence-corrected chi connectivity index (χ1v) is 6.86. The summed E-state index contributed by atoms with van der Waals surface area (Å²) in [6.07, 6.45) is 0. The summed E-state index contributed by atoms with van der Waals surface area (Å²) in [4.78, 5) is 11.0. The van der Waals surface area contributed by atoms with Crippen LogP contribution in [0.25, 0.3) is 0 Å². The maximum Gasteiger partial charge on any atom is 0.337 e. The number of anilines is 1.